The number of carbonyl (C=O) groups excluding carboxylic acids is 1. The van der Waals surface area contributed by atoms with Gasteiger partial charge in [-0.1, -0.05) is 5.16 Å². The maximum absolute atomic E-state index is 12.2. The molecule has 114 valence electrons. The fourth-order valence-electron chi connectivity index (χ4n) is 2.49. The van der Waals surface area contributed by atoms with Gasteiger partial charge in [0.2, 0.25) is 0 Å². The van der Waals surface area contributed by atoms with Crippen LogP contribution in [0.1, 0.15) is 65.2 Å². The number of nitrogens with zero attached hydrogens (tertiary/aromatic N) is 2. The van der Waals surface area contributed by atoms with Gasteiger partial charge in [0, 0.05) is 30.0 Å². The lowest BCUT2D eigenvalue weighted by Gasteiger charge is -2.05. The minimum absolute atomic E-state index is 0.162. The minimum atomic E-state index is -0.351. The minimum Gasteiger partial charge on any atom is -0.361 e. The number of H-pyrrole nitrogens is 1. The first-order valence-electron chi connectivity index (χ1n) is 7.53. The molecule has 2 N–H and O–H groups in total. The van der Waals surface area contributed by atoms with Gasteiger partial charge in [0.15, 0.2) is 0 Å². The number of aromatic nitrogens is 3. The lowest BCUT2D eigenvalue weighted by atomic mass is 10.2. The van der Waals surface area contributed by atoms with Crippen molar-refractivity contribution in [2.45, 2.75) is 44.1 Å². The molecule has 0 unspecified atom stereocenters. The van der Waals surface area contributed by atoms with Gasteiger partial charge >= 0.3 is 0 Å². The summed E-state index contributed by atoms with van der Waals surface area (Å²) in [6, 6.07) is 1.23. The molecule has 0 spiro atoms. The number of amides is 1. The van der Waals surface area contributed by atoms with Gasteiger partial charge in [-0.05, 0) is 25.7 Å². The van der Waals surface area contributed by atoms with Crippen LogP contribution >= 0.6 is 0 Å². The van der Waals surface area contributed by atoms with Gasteiger partial charge in [-0.25, -0.2) is 4.98 Å². The molecule has 0 radical (unpaired) electrons. The number of hydrogen-bond donors (Lipinski definition) is 2. The van der Waals surface area contributed by atoms with E-state index >= 15 is 0 Å². The summed E-state index contributed by atoms with van der Waals surface area (Å²) < 4.78 is 5.23. The Bertz CT molecular complexity index is 771. The Morgan fingerprint density at radius 2 is 2.09 bits per heavy atom. The van der Waals surface area contributed by atoms with Crippen molar-refractivity contribution >= 4 is 5.91 Å². The normalized spacial score (nSPS) is 17.5. The maximum atomic E-state index is 12.2. The van der Waals surface area contributed by atoms with Crippen LogP contribution in [0.25, 0.3) is 0 Å². The highest BCUT2D eigenvalue weighted by Crippen LogP contribution is 2.41. The molecule has 2 fully saturated rings. The van der Waals surface area contributed by atoms with Gasteiger partial charge in [-0.2, -0.15) is 0 Å². The fourth-order valence-corrected chi connectivity index (χ4v) is 2.49. The Morgan fingerprint density at radius 3 is 2.82 bits per heavy atom. The Balaban J connectivity index is 1.47. The smallest absolute Gasteiger partial charge is 0.270 e. The molecule has 2 heterocycles. The van der Waals surface area contributed by atoms with Gasteiger partial charge in [0.25, 0.3) is 11.5 Å². The summed E-state index contributed by atoms with van der Waals surface area (Å²) in [5.41, 5.74) is 0.767. The van der Waals surface area contributed by atoms with Gasteiger partial charge in [0.05, 0.1) is 6.20 Å². The van der Waals surface area contributed by atoms with Crippen molar-refractivity contribution in [3.63, 3.8) is 0 Å². The fraction of sp³-hybridized carbons (Fsp3) is 0.467. The van der Waals surface area contributed by atoms with Crippen LogP contribution in [0.5, 0.6) is 0 Å². The highest BCUT2D eigenvalue weighted by Gasteiger charge is 2.30. The third-order valence-electron chi connectivity index (χ3n) is 4.02. The number of hydrogen-bond acceptors (Lipinski definition) is 5. The predicted molar refractivity (Wildman–Crippen MR) is 76.5 cm³/mol. The van der Waals surface area contributed by atoms with E-state index in [1.807, 2.05) is 0 Å². The van der Waals surface area contributed by atoms with E-state index in [2.05, 4.69) is 20.4 Å². The van der Waals surface area contributed by atoms with Crippen LogP contribution in [0.3, 0.4) is 0 Å². The highest BCUT2D eigenvalue weighted by atomic mass is 16.5. The molecule has 1 amide bonds. The molecule has 0 aromatic carbocycles. The average Bonchev–Trinajstić information content (AvgIpc) is 3.42. The summed E-state index contributed by atoms with van der Waals surface area (Å²) in [4.78, 5) is 30.8. The molecule has 0 bridgehead atoms. The molecule has 0 atom stereocenters. The SMILES string of the molecule is O=C(NCc1cnoc1C1CC1)c1cc(=O)[nH]c(C2CC2)n1. The van der Waals surface area contributed by atoms with E-state index in [0.717, 1.165) is 37.0 Å². The zero-order valence-corrected chi connectivity index (χ0v) is 12.0. The maximum Gasteiger partial charge on any atom is 0.270 e. The van der Waals surface area contributed by atoms with Crippen LogP contribution in [0.2, 0.25) is 0 Å². The molecular weight excluding hydrogens is 284 g/mol. The van der Waals surface area contributed by atoms with Crippen LogP contribution in [-0.4, -0.2) is 21.0 Å². The molecule has 0 saturated heterocycles. The van der Waals surface area contributed by atoms with Gasteiger partial charge in [-0.3, -0.25) is 9.59 Å². The zero-order valence-electron chi connectivity index (χ0n) is 12.0. The first-order valence-corrected chi connectivity index (χ1v) is 7.53. The number of rotatable bonds is 5. The molecule has 2 aromatic heterocycles. The number of nitrogens with one attached hydrogen (secondary N) is 2. The van der Waals surface area contributed by atoms with Crippen molar-refractivity contribution in [3.05, 3.63) is 45.5 Å². The van der Waals surface area contributed by atoms with Gasteiger partial charge in [-0.15, -0.1) is 0 Å². The van der Waals surface area contributed by atoms with E-state index in [1.54, 1.807) is 6.20 Å². The van der Waals surface area contributed by atoms with Crippen molar-refractivity contribution in [2.75, 3.05) is 0 Å². The average molecular weight is 300 g/mol. The van der Waals surface area contributed by atoms with E-state index in [9.17, 15) is 9.59 Å². The summed E-state index contributed by atoms with van der Waals surface area (Å²) in [7, 11) is 0. The molecule has 2 aromatic rings. The summed E-state index contributed by atoms with van der Waals surface area (Å²) in [5, 5.41) is 6.58. The molecule has 0 aliphatic heterocycles. The van der Waals surface area contributed by atoms with E-state index in [-0.39, 0.29) is 17.2 Å². The Kier molecular flexibility index (Phi) is 3.06. The van der Waals surface area contributed by atoms with Crippen molar-refractivity contribution in [1.82, 2.24) is 20.4 Å². The van der Waals surface area contributed by atoms with Crippen molar-refractivity contribution < 1.29 is 9.32 Å². The summed E-state index contributed by atoms with van der Waals surface area (Å²) in [5.74, 6) is 1.85. The van der Waals surface area contributed by atoms with Crippen molar-refractivity contribution in [3.8, 4) is 0 Å². The lowest BCUT2D eigenvalue weighted by Crippen LogP contribution is -2.26. The molecule has 7 nitrogen and oxygen atoms in total. The highest BCUT2D eigenvalue weighted by molar-refractivity contribution is 5.92. The number of carbonyl (C=O) groups is 1. The second-order valence-electron chi connectivity index (χ2n) is 5.96. The van der Waals surface area contributed by atoms with E-state index in [1.165, 1.54) is 6.07 Å². The largest absolute Gasteiger partial charge is 0.361 e. The third-order valence-corrected chi connectivity index (χ3v) is 4.02. The summed E-state index contributed by atoms with van der Waals surface area (Å²) in [6.45, 7) is 0.335. The summed E-state index contributed by atoms with van der Waals surface area (Å²) in [6.07, 6.45) is 5.88. The van der Waals surface area contributed by atoms with Gasteiger partial charge < -0.3 is 14.8 Å². The first kappa shape index (κ1) is 13.2. The molecule has 7 heteroatoms. The predicted octanol–water partition coefficient (Wildman–Crippen LogP) is 1.44. The quantitative estimate of drug-likeness (QED) is 0.870. The Labute approximate surface area is 126 Å². The number of aromatic amines is 1. The standard InChI is InChI=1S/C15H16N4O3/c20-12-5-11(18-14(19-12)9-3-4-9)15(21)16-6-10-7-17-22-13(10)8-1-2-8/h5,7-9H,1-4,6H2,(H,16,21)(H,18,19,20). The van der Waals surface area contributed by atoms with E-state index < -0.39 is 0 Å². The van der Waals surface area contributed by atoms with Crippen LogP contribution in [0, 0.1) is 0 Å². The molecule has 22 heavy (non-hydrogen) atoms. The third kappa shape index (κ3) is 2.66. The molecular formula is C15H16N4O3. The van der Waals surface area contributed by atoms with E-state index in [4.69, 9.17) is 4.52 Å². The van der Waals surface area contributed by atoms with Gasteiger partial charge in [0.1, 0.15) is 17.3 Å². The Morgan fingerprint density at radius 1 is 1.32 bits per heavy atom. The van der Waals surface area contributed by atoms with Crippen LogP contribution in [0.15, 0.2) is 21.6 Å². The molecule has 2 aliphatic carbocycles. The van der Waals surface area contributed by atoms with Crippen LogP contribution < -0.4 is 10.9 Å². The summed E-state index contributed by atoms with van der Waals surface area (Å²) >= 11 is 0. The molecule has 2 aliphatic rings. The second kappa shape index (κ2) is 5.08. The monoisotopic (exact) mass is 300 g/mol. The first-order chi connectivity index (χ1) is 10.7. The van der Waals surface area contributed by atoms with Crippen LogP contribution in [-0.2, 0) is 6.54 Å². The molecule has 2 saturated carbocycles. The Hall–Kier alpha value is -2.44. The molecule has 4 rings (SSSR count). The van der Waals surface area contributed by atoms with Crippen molar-refractivity contribution in [1.29, 1.82) is 0 Å². The lowest BCUT2D eigenvalue weighted by molar-refractivity contribution is 0.0945. The van der Waals surface area contributed by atoms with Crippen molar-refractivity contribution in [2.24, 2.45) is 0 Å². The van der Waals surface area contributed by atoms with E-state index in [0.29, 0.717) is 24.2 Å². The topological polar surface area (TPSA) is 101 Å². The zero-order chi connectivity index (χ0) is 15.1. The second-order valence-corrected chi connectivity index (χ2v) is 5.96. The van der Waals surface area contributed by atoms with Crippen LogP contribution in [0.4, 0.5) is 0 Å².